The van der Waals surface area contributed by atoms with E-state index in [1.807, 2.05) is 7.05 Å². The fourth-order valence-electron chi connectivity index (χ4n) is 1.25. The van der Waals surface area contributed by atoms with Gasteiger partial charge in [-0.25, -0.2) is 17.9 Å². The molecule has 0 bridgehead atoms. The van der Waals surface area contributed by atoms with Gasteiger partial charge in [0.15, 0.2) is 0 Å². The number of aryl methyl sites for hydroxylation is 2. The molecule has 0 atom stereocenters. The zero-order chi connectivity index (χ0) is 17.6. The maximum atomic E-state index is 11.7. The molecule has 0 aromatic carbocycles. The summed E-state index contributed by atoms with van der Waals surface area (Å²) in [5, 5.41) is 9.30. The first-order valence-corrected chi connectivity index (χ1v) is 6.23. The predicted octanol–water partition coefficient (Wildman–Crippen LogP) is 1.38. The molecule has 0 spiro atoms. The summed E-state index contributed by atoms with van der Waals surface area (Å²) in [6.45, 7) is 3.36. The van der Waals surface area contributed by atoms with Crippen molar-refractivity contribution < 1.29 is 40.8 Å². The van der Waals surface area contributed by atoms with Crippen LogP contribution in [0, 0.1) is 0 Å². The van der Waals surface area contributed by atoms with E-state index in [4.69, 9.17) is 0 Å². The van der Waals surface area contributed by atoms with Crippen LogP contribution in [0.1, 0.15) is 19.8 Å². The minimum absolute atomic E-state index is 1.15. The topological polar surface area (TPSA) is 48.9 Å². The molecule has 0 saturated heterocycles. The number of unbranched alkanes of at least 4 members (excludes halogenated alkanes) is 1. The Morgan fingerprint density at radius 3 is 2.14 bits per heavy atom. The van der Waals surface area contributed by atoms with Crippen LogP contribution < -0.4 is 9.67 Å². The van der Waals surface area contributed by atoms with Gasteiger partial charge in [-0.05, 0) is 6.42 Å². The minimum atomic E-state index is -5.91. The first-order chi connectivity index (χ1) is 9.96. The van der Waals surface area contributed by atoms with Gasteiger partial charge in [-0.3, -0.25) is 0 Å². The predicted molar refractivity (Wildman–Crippen MR) is 61.4 cm³/mol. The van der Waals surface area contributed by atoms with Crippen LogP contribution in [0.4, 0.5) is 26.3 Å². The highest BCUT2D eigenvalue weighted by atomic mass is 19.3. The monoisotopic (exact) mass is 334 g/mol. The van der Waals surface area contributed by atoms with Gasteiger partial charge in [0.05, 0.1) is 13.6 Å². The van der Waals surface area contributed by atoms with Crippen LogP contribution in [0.2, 0.25) is 0 Å². The maximum Gasteiger partial charge on any atom is 0.374 e. The SMILES string of the molecule is CCCCn1cc[n+](C)c1.O=C([O-])C(F)(F)C(F)(F)C(F)F. The number of rotatable bonds is 6. The molecule has 0 aliphatic rings. The third kappa shape index (κ3) is 5.23. The molecule has 0 amide bonds. The van der Waals surface area contributed by atoms with E-state index in [9.17, 15) is 36.2 Å². The number of imidazole rings is 1. The molecule has 0 aliphatic carbocycles. The molecule has 0 aliphatic heterocycles. The summed E-state index contributed by atoms with van der Waals surface area (Å²) < 4.78 is 73.2. The highest BCUT2D eigenvalue weighted by Crippen LogP contribution is 2.38. The fourth-order valence-corrected chi connectivity index (χ4v) is 1.25. The molecule has 1 heterocycles. The summed E-state index contributed by atoms with van der Waals surface area (Å²) >= 11 is 0. The zero-order valence-corrected chi connectivity index (χ0v) is 11.9. The molecule has 0 saturated carbocycles. The molecule has 10 heteroatoms. The minimum Gasteiger partial charge on any atom is -0.544 e. The van der Waals surface area contributed by atoms with Gasteiger partial charge in [0.1, 0.15) is 18.4 Å². The van der Waals surface area contributed by atoms with E-state index in [1.54, 1.807) is 0 Å². The van der Waals surface area contributed by atoms with Crippen molar-refractivity contribution in [3.63, 3.8) is 0 Å². The molecular weight excluding hydrogens is 318 g/mol. The Balaban J connectivity index is 0.000000406. The van der Waals surface area contributed by atoms with E-state index in [0.29, 0.717) is 0 Å². The number of aromatic nitrogens is 2. The number of hydrogen-bond acceptors (Lipinski definition) is 2. The third-order valence-corrected chi connectivity index (χ3v) is 2.54. The van der Waals surface area contributed by atoms with Crippen LogP contribution in [-0.4, -0.2) is 28.8 Å². The van der Waals surface area contributed by atoms with Crippen molar-refractivity contribution in [1.29, 1.82) is 0 Å². The van der Waals surface area contributed by atoms with Crippen LogP contribution in [0.15, 0.2) is 18.7 Å². The summed E-state index contributed by atoms with van der Waals surface area (Å²) in [4.78, 5) is 9.30. The van der Waals surface area contributed by atoms with Gasteiger partial charge in [0.25, 0.3) is 0 Å². The first-order valence-electron chi connectivity index (χ1n) is 6.23. The highest BCUT2D eigenvalue weighted by molar-refractivity contribution is 5.74. The lowest BCUT2D eigenvalue weighted by Gasteiger charge is -2.25. The Labute approximate surface area is 123 Å². The molecule has 22 heavy (non-hydrogen) atoms. The molecule has 1 rings (SSSR count). The number of carboxylic acid groups (broad SMARTS) is 1. The summed E-state index contributed by atoms with van der Waals surface area (Å²) in [6.07, 6.45) is 4.06. The smallest absolute Gasteiger partial charge is 0.374 e. The van der Waals surface area contributed by atoms with Gasteiger partial charge in [0, 0.05) is 0 Å². The van der Waals surface area contributed by atoms with Crippen LogP contribution in [0.25, 0.3) is 0 Å². The zero-order valence-electron chi connectivity index (χ0n) is 11.9. The Hall–Kier alpha value is -1.74. The molecule has 0 unspecified atom stereocenters. The Morgan fingerprint density at radius 1 is 1.32 bits per heavy atom. The van der Waals surface area contributed by atoms with E-state index >= 15 is 0 Å². The number of carbonyl (C=O) groups is 1. The van der Waals surface area contributed by atoms with Crippen molar-refractivity contribution in [2.24, 2.45) is 7.05 Å². The summed E-state index contributed by atoms with van der Waals surface area (Å²) in [5.41, 5.74) is 0. The third-order valence-electron chi connectivity index (χ3n) is 2.54. The Bertz CT molecular complexity index is 476. The normalized spacial score (nSPS) is 12.0. The second kappa shape index (κ2) is 8.04. The largest absolute Gasteiger partial charge is 0.544 e. The van der Waals surface area contributed by atoms with Gasteiger partial charge < -0.3 is 9.90 Å². The second-order valence-electron chi connectivity index (χ2n) is 4.46. The van der Waals surface area contributed by atoms with Crippen molar-refractivity contribution in [1.82, 2.24) is 4.57 Å². The molecule has 0 N–H and O–H groups in total. The fraction of sp³-hybridized carbons (Fsp3) is 0.667. The number of hydrogen-bond donors (Lipinski definition) is 0. The van der Waals surface area contributed by atoms with E-state index < -0.39 is 24.2 Å². The quantitative estimate of drug-likeness (QED) is 0.583. The van der Waals surface area contributed by atoms with Crippen molar-refractivity contribution in [2.75, 3.05) is 0 Å². The average Bonchev–Trinajstić information content (AvgIpc) is 2.82. The lowest BCUT2D eigenvalue weighted by atomic mass is 10.2. The molecular formula is C12H16F6N2O2. The first kappa shape index (κ1) is 20.3. The second-order valence-corrected chi connectivity index (χ2v) is 4.46. The molecule has 4 nitrogen and oxygen atoms in total. The van der Waals surface area contributed by atoms with Gasteiger partial charge in [-0.1, -0.05) is 13.3 Å². The van der Waals surface area contributed by atoms with E-state index in [-0.39, 0.29) is 0 Å². The molecule has 0 fully saturated rings. The lowest BCUT2D eigenvalue weighted by Crippen LogP contribution is -2.57. The van der Waals surface area contributed by atoms with Crippen molar-refractivity contribution >= 4 is 5.97 Å². The Kier molecular flexibility index (Phi) is 7.41. The van der Waals surface area contributed by atoms with Crippen molar-refractivity contribution in [2.45, 2.75) is 44.6 Å². The maximum absolute atomic E-state index is 11.7. The number of carbonyl (C=O) groups excluding carboxylic acids is 1. The standard InChI is InChI=1S/C8H15N2.C4H2F6O2/c1-3-4-5-10-7-6-9(2)8-10;5-1(6)3(7,8)4(9,10)2(11)12/h6-8H,3-5H2,1-2H3;1H,(H,11,12)/q+1;/p-1. The van der Waals surface area contributed by atoms with E-state index in [1.165, 1.54) is 12.8 Å². The van der Waals surface area contributed by atoms with Gasteiger partial charge in [0.2, 0.25) is 6.33 Å². The van der Waals surface area contributed by atoms with Crippen LogP contribution in [0.5, 0.6) is 0 Å². The molecule has 0 radical (unpaired) electrons. The van der Waals surface area contributed by atoms with Gasteiger partial charge in [-0.2, -0.15) is 17.6 Å². The van der Waals surface area contributed by atoms with Gasteiger partial charge in [-0.15, -0.1) is 0 Å². The van der Waals surface area contributed by atoms with Crippen LogP contribution in [-0.2, 0) is 18.4 Å². The molecule has 1 aromatic rings. The average molecular weight is 334 g/mol. The number of nitrogens with zero attached hydrogens (tertiary/aromatic N) is 2. The van der Waals surface area contributed by atoms with Crippen LogP contribution in [0.3, 0.4) is 0 Å². The molecule has 128 valence electrons. The van der Waals surface area contributed by atoms with E-state index in [0.717, 1.165) is 6.54 Å². The number of aliphatic carboxylic acids is 1. The number of alkyl halides is 6. The van der Waals surface area contributed by atoms with Gasteiger partial charge >= 0.3 is 18.3 Å². The number of halogens is 6. The Morgan fingerprint density at radius 2 is 1.86 bits per heavy atom. The summed E-state index contributed by atoms with van der Waals surface area (Å²) in [7, 11) is 2.04. The lowest BCUT2D eigenvalue weighted by molar-refractivity contribution is -0.671. The highest BCUT2D eigenvalue weighted by Gasteiger charge is 2.64. The van der Waals surface area contributed by atoms with Crippen molar-refractivity contribution in [3.05, 3.63) is 18.7 Å². The molecule has 1 aromatic heterocycles. The van der Waals surface area contributed by atoms with Crippen molar-refractivity contribution in [3.8, 4) is 0 Å². The van der Waals surface area contributed by atoms with E-state index in [2.05, 4.69) is 34.8 Å². The number of carboxylic acids is 1. The summed E-state index contributed by atoms with van der Waals surface area (Å²) in [6, 6.07) is 0. The van der Waals surface area contributed by atoms with Crippen LogP contribution >= 0.6 is 0 Å². The summed E-state index contributed by atoms with van der Waals surface area (Å²) in [5.74, 6) is -15.3.